The van der Waals surface area contributed by atoms with E-state index in [4.69, 9.17) is 4.74 Å². The lowest BCUT2D eigenvalue weighted by atomic mass is 10.0. The van der Waals surface area contributed by atoms with E-state index in [2.05, 4.69) is 48.0 Å². The Bertz CT molecular complexity index is 944. The normalized spacial score (nSPS) is 12.4. The van der Waals surface area contributed by atoms with Crippen molar-refractivity contribution in [3.05, 3.63) is 79.0 Å². The number of hydrogen-bond acceptors (Lipinski definition) is 2. The molecule has 2 nitrogen and oxygen atoms in total. The van der Waals surface area contributed by atoms with Crippen molar-refractivity contribution in [2.75, 3.05) is 6.61 Å². The first kappa shape index (κ1) is 19.8. The molecule has 3 heteroatoms. The molecule has 1 aromatic heterocycles. The molecular formula is C25H26FNO. The van der Waals surface area contributed by atoms with Gasteiger partial charge in [0, 0.05) is 17.1 Å². The minimum atomic E-state index is -0.717. The molecule has 0 aliphatic heterocycles. The van der Waals surface area contributed by atoms with Crippen LogP contribution in [0.15, 0.2) is 73.5 Å². The van der Waals surface area contributed by atoms with E-state index in [-0.39, 0.29) is 0 Å². The highest BCUT2D eigenvalue weighted by Gasteiger charge is 2.03. The molecule has 0 aliphatic carbocycles. The van der Waals surface area contributed by atoms with Crippen LogP contribution >= 0.6 is 0 Å². The topological polar surface area (TPSA) is 22.1 Å². The second-order valence-corrected chi connectivity index (χ2v) is 6.91. The minimum absolute atomic E-state index is 0.499. The summed E-state index contributed by atoms with van der Waals surface area (Å²) in [6, 6.07) is 16.4. The molecule has 1 atom stereocenters. The highest BCUT2D eigenvalue weighted by Crippen LogP contribution is 2.25. The zero-order chi connectivity index (χ0) is 19.8. The van der Waals surface area contributed by atoms with Crippen molar-refractivity contribution < 1.29 is 9.13 Å². The third-order valence-corrected chi connectivity index (χ3v) is 4.55. The molecule has 0 saturated heterocycles. The van der Waals surface area contributed by atoms with Crippen molar-refractivity contribution in [2.24, 2.45) is 0 Å². The molecule has 1 unspecified atom stereocenters. The van der Waals surface area contributed by atoms with E-state index < -0.39 is 6.17 Å². The summed E-state index contributed by atoms with van der Waals surface area (Å²) in [5.74, 6) is 0.821. The lowest BCUT2D eigenvalue weighted by Gasteiger charge is -2.06. The fourth-order valence-electron chi connectivity index (χ4n) is 3.04. The molecule has 0 aliphatic rings. The van der Waals surface area contributed by atoms with E-state index in [1.54, 1.807) is 13.0 Å². The van der Waals surface area contributed by atoms with Gasteiger partial charge < -0.3 is 4.74 Å². The van der Waals surface area contributed by atoms with Crippen molar-refractivity contribution in [1.29, 1.82) is 0 Å². The lowest BCUT2D eigenvalue weighted by Crippen LogP contribution is -1.92. The summed E-state index contributed by atoms with van der Waals surface area (Å²) in [7, 11) is 0. The van der Waals surface area contributed by atoms with Crippen LogP contribution in [0.4, 0.5) is 4.39 Å². The molecule has 0 radical (unpaired) electrons. The Morgan fingerprint density at radius 1 is 1.11 bits per heavy atom. The Kier molecular flexibility index (Phi) is 6.96. The molecule has 144 valence electrons. The average molecular weight is 375 g/mol. The number of nitrogens with zero attached hydrogens (tertiary/aromatic N) is 1. The van der Waals surface area contributed by atoms with Gasteiger partial charge in [-0.2, -0.15) is 0 Å². The quantitative estimate of drug-likeness (QED) is 0.296. The van der Waals surface area contributed by atoms with Crippen molar-refractivity contribution >= 4 is 16.8 Å². The number of unbranched alkanes of at least 4 members (excludes halogenated alkanes) is 1. The van der Waals surface area contributed by atoms with E-state index in [9.17, 15) is 4.39 Å². The first-order valence-corrected chi connectivity index (χ1v) is 9.70. The maximum absolute atomic E-state index is 12.8. The van der Waals surface area contributed by atoms with Crippen molar-refractivity contribution in [3.63, 3.8) is 0 Å². The third kappa shape index (κ3) is 5.53. The summed E-state index contributed by atoms with van der Waals surface area (Å²) in [6.07, 6.45) is 9.53. The molecule has 0 spiro atoms. The summed E-state index contributed by atoms with van der Waals surface area (Å²) in [5.41, 5.74) is 3.13. The zero-order valence-electron chi connectivity index (χ0n) is 16.3. The number of allylic oxidation sites excluding steroid dienone is 1. The fourth-order valence-corrected chi connectivity index (χ4v) is 3.04. The summed E-state index contributed by atoms with van der Waals surface area (Å²) >= 11 is 0. The Balaban J connectivity index is 1.70. The number of pyridine rings is 1. The molecular weight excluding hydrogens is 349 g/mol. The number of aromatic nitrogens is 1. The van der Waals surface area contributed by atoms with Crippen molar-refractivity contribution in [1.82, 2.24) is 4.98 Å². The van der Waals surface area contributed by atoms with Gasteiger partial charge in [-0.15, -0.1) is 0 Å². The van der Waals surface area contributed by atoms with Crippen LogP contribution in [0.1, 0.15) is 31.7 Å². The summed E-state index contributed by atoms with van der Waals surface area (Å²) in [4.78, 5) is 4.62. The van der Waals surface area contributed by atoms with Crippen LogP contribution in [0.2, 0.25) is 0 Å². The first-order chi connectivity index (χ1) is 13.7. The largest absolute Gasteiger partial charge is 0.490 e. The number of benzene rings is 2. The molecule has 3 aromatic rings. The van der Waals surface area contributed by atoms with Gasteiger partial charge in [0.25, 0.3) is 0 Å². The predicted octanol–water partition coefficient (Wildman–Crippen LogP) is 7.01. The molecule has 3 rings (SSSR count). The number of fused-ring (bicyclic) bond motifs is 1. The first-order valence-electron chi connectivity index (χ1n) is 9.70. The zero-order valence-corrected chi connectivity index (χ0v) is 16.3. The summed E-state index contributed by atoms with van der Waals surface area (Å²) in [6.45, 7) is 5.76. The van der Waals surface area contributed by atoms with Crippen molar-refractivity contribution in [3.8, 4) is 17.0 Å². The van der Waals surface area contributed by atoms with Crippen LogP contribution in [0.5, 0.6) is 5.75 Å². The van der Waals surface area contributed by atoms with Crippen LogP contribution in [-0.4, -0.2) is 17.8 Å². The van der Waals surface area contributed by atoms with Crippen LogP contribution in [-0.2, 0) is 0 Å². The highest BCUT2D eigenvalue weighted by atomic mass is 19.1. The number of rotatable bonds is 9. The number of ether oxygens (including phenoxy) is 1. The van der Waals surface area contributed by atoms with E-state index in [1.807, 2.05) is 30.5 Å². The van der Waals surface area contributed by atoms with Gasteiger partial charge in [0.05, 0.1) is 11.9 Å². The monoisotopic (exact) mass is 375 g/mol. The number of halogens is 1. The van der Waals surface area contributed by atoms with Gasteiger partial charge in [0.15, 0.2) is 0 Å². The predicted molar refractivity (Wildman–Crippen MR) is 116 cm³/mol. The molecule has 0 saturated carbocycles. The fraction of sp³-hybridized carbons (Fsp3) is 0.240. The third-order valence-electron chi connectivity index (χ3n) is 4.55. The van der Waals surface area contributed by atoms with E-state index in [0.717, 1.165) is 46.2 Å². The van der Waals surface area contributed by atoms with Crippen LogP contribution in [0, 0.1) is 0 Å². The molecule has 0 amide bonds. The van der Waals surface area contributed by atoms with Gasteiger partial charge in [0.2, 0.25) is 0 Å². The molecule has 1 heterocycles. The molecule has 0 bridgehead atoms. The maximum Gasteiger partial charge on any atom is 0.119 e. The van der Waals surface area contributed by atoms with E-state index >= 15 is 0 Å². The van der Waals surface area contributed by atoms with Gasteiger partial charge in [0.1, 0.15) is 12.4 Å². The molecule has 2 aromatic carbocycles. The highest BCUT2D eigenvalue weighted by molar-refractivity contribution is 5.87. The molecule has 28 heavy (non-hydrogen) atoms. The lowest BCUT2D eigenvalue weighted by molar-refractivity contribution is 0.335. The Morgan fingerprint density at radius 3 is 2.68 bits per heavy atom. The van der Waals surface area contributed by atoms with Crippen LogP contribution < -0.4 is 4.74 Å². The maximum atomic E-state index is 12.8. The number of alkyl halides is 1. The second-order valence-electron chi connectivity index (χ2n) is 6.91. The minimum Gasteiger partial charge on any atom is -0.490 e. The van der Waals surface area contributed by atoms with Gasteiger partial charge in [-0.1, -0.05) is 36.9 Å². The molecule has 0 fully saturated rings. The average Bonchev–Trinajstić information content (AvgIpc) is 2.71. The molecule has 0 N–H and O–H groups in total. The number of hydrogen-bond donors (Lipinski definition) is 0. The van der Waals surface area contributed by atoms with E-state index in [0.29, 0.717) is 13.0 Å². The Hall–Kier alpha value is -2.94. The Morgan fingerprint density at radius 2 is 1.93 bits per heavy atom. The van der Waals surface area contributed by atoms with Crippen molar-refractivity contribution in [2.45, 2.75) is 32.4 Å². The van der Waals surface area contributed by atoms with Gasteiger partial charge in [-0.3, -0.25) is 4.98 Å². The summed E-state index contributed by atoms with van der Waals surface area (Å²) < 4.78 is 18.3. The Labute approximate surface area is 166 Å². The summed E-state index contributed by atoms with van der Waals surface area (Å²) in [5, 5.41) is 2.26. The smallest absolute Gasteiger partial charge is 0.119 e. The van der Waals surface area contributed by atoms with Gasteiger partial charge in [-0.05, 0) is 73.5 Å². The standard InChI is InChI=1S/C25H26FNO/c1-3-15-28-24-13-11-21(12-14-24)25-17-22-10-9-20(16-23(22)18-27-25)8-6-4-5-7-19(2)26/h3,6,8-14,16-19H,1,4-5,7,15H2,2H3/b8-6+. The van der Waals surface area contributed by atoms with Crippen LogP contribution in [0.25, 0.3) is 28.1 Å². The van der Waals surface area contributed by atoms with Crippen LogP contribution in [0.3, 0.4) is 0 Å². The second kappa shape index (κ2) is 9.84. The van der Waals surface area contributed by atoms with Gasteiger partial charge in [-0.25, -0.2) is 4.39 Å². The van der Waals surface area contributed by atoms with E-state index in [1.165, 1.54) is 0 Å². The SMILES string of the molecule is C=CCOc1ccc(-c2cc3ccc(/C=C/CCCC(C)F)cc3cn2)cc1. The van der Waals surface area contributed by atoms with Gasteiger partial charge >= 0.3 is 0 Å².